The third-order valence-corrected chi connectivity index (χ3v) is 6.68. The van der Waals surface area contributed by atoms with Gasteiger partial charge in [-0.05, 0) is 51.9 Å². The van der Waals surface area contributed by atoms with E-state index in [1.54, 1.807) is 6.33 Å². The standard InChI is InChI=1S/C21H33N5O3/c1-14-19(23-13-22-14)21(28)25-17-6-5-15(20(27)24-16-3-2-4-16)11-26(12-17)18-7-9-29-10-8-18/h13,15-18H,2-12H2,1H3,(H,22,23)(H,24,27)(H,25,28)/t15-,17+/m1/s1. The molecule has 3 heterocycles. The number of carbonyl (C=O) groups is 2. The maximum Gasteiger partial charge on any atom is 0.272 e. The number of nitrogens with one attached hydrogen (secondary N) is 3. The van der Waals surface area contributed by atoms with Crippen LogP contribution in [0.2, 0.25) is 0 Å². The number of ether oxygens (including phenoxy) is 1. The second-order valence-electron chi connectivity index (χ2n) is 8.75. The fourth-order valence-electron chi connectivity index (χ4n) is 4.62. The van der Waals surface area contributed by atoms with Gasteiger partial charge in [0.05, 0.1) is 12.2 Å². The Bertz CT molecular complexity index is 711. The number of aromatic amines is 1. The zero-order valence-corrected chi connectivity index (χ0v) is 17.3. The number of amides is 2. The first-order valence-electron chi connectivity index (χ1n) is 11.0. The number of imidazole rings is 1. The molecule has 1 aromatic rings. The highest BCUT2D eigenvalue weighted by molar-refractivity contribution is 5.93. The van der Waals surface area contributed by atoms with Crippen molar-refractivity contribution in [3.8, 4) is 0 Å². The number of hydrogen-bond donors (Lipinski definition) is 3. The molecule has 1 aromatic heterocycles. The summed E-state index contributed by atoms with van der Waals surface area (Å²) < 4.78 is 5.54. The summed E-state index contributed by atoms with van der Waals surface area (Å²) in [5.74, 6) is 0.0207. The number of likely N-dealkylation sites (tertiary alicyclic amines) is 1. The van der Waals surface area contributed by atoms with Gasteiger partial charge in [0.1, 0.15) is 5.69 Å². The predicted molar refractivity (Wildman–Crippen MR) is 108 cm³/mol. The number of H-pyrrole nitrogens is 1. The van der Waals surface area contributed by atoms with Crippen molar-refractivity contribution in [1.82, 2.24) is 25.5 Å². The minimum atomic E-state index is -0.141. The van der Waals surface area contributed by atoms with Gasteiger partial charge < -0.3 is 20.4 Å². The number of hydrogen-bond acceptors (Lipinski definition) is 5. The molecule has 29 heavy (non-hydrogen) atoms. The van der Waals surface area contributed by atoms with Crippen molar-refractivity contribution in [2.24, 2.45) is 5.92 Å². The second-order valence-corrected chi connectivity index (χ2v) is 8.75. The van der Waals surface area contributed by atoms with Gasteiger partial charge in [0.15, 0.2) is 0 Å². The summed E-state index contributed by atoms with van der Waals surface area (Å²) in [6.45, 7) is 4.92. The van der Waals surface area contributed by atoms with Crippen molar-refractivity contribution in [2.75, 3.05) is 26.3 Å². The van der Waals surface area contributed by atoms with Gasteiger partial charge in [0.25, 0.3) is 5.91 Å². The summed E-state index contributed by atoms with van der Waals surface area (Å²) in [5.41, 5.74) is 1.22. The molecule has 160 valence electrons. The fraction of sp³-hybridized carbons (Fsp3) is 0.762. The van der Waals surface area contributed by atoms with Gasteiger partial charge in [-0.2, -0.15) is 0 Å². The smallest absolute Gasteiger partial charge is 0.272 e. The lowest BCUT2D eigenvalue weighted by Crippen LogP contribution is -2.50. The maximum atomic E-state index is 12.9. The molecule has 2 saturated heterocycles. The molecule has 3 N–H and O–H groups in total. The van der Waals surface area contributed by atoms with E-state index in [4.69, 9.17) is 4.74 Å². The van der Waals surface area contributed by atoms with E-state index >= 15 is 0 Å². The molecule has 1 saturated carbocycles. The van der Waals surface area contributed by atoms with Crippen LogP contribution in [0.5, 0.6) is 0 Å². The lowest BCUT2D eigenvalue weighted by molar-refractivity contribution is -0.127. The first-order chi connectivity index (χ1) is 14.1. The molecule has 3 aliphatic rings. The number of carbonyl (C=O) groups excluding carboxylic acids is 2. The van der Waals surface area contributed by atoms with Crippen LogP contribution in [0.1, 0.15) is 61.1 Å². The Hall–Kier alpha value is -1.93. The molecule has 0 radical (unpaired) electrons. The lowest BCUT2D eigenvalue weighted by atomic mass is 9.91. The van der Waals surface area contributed by atoms with E-state index in [0.29, 0.717) is 17.8 Å². The molecule has 0 spiro atoms. The van der Waals surface area contributed by atoms with Gasteiger partial charge in [-0.15, -0.1) is 0 Å². The molecule has 8 heteroatoms. The fourth-order valence-corrected chi connectivity index (χ4v) is 4.62. The molecule has 8 nitrogen and oxygen atoms in total. The molecular formula is C21H33N5O3. The number of nitrogens with zero attached hydrogens (tertiary/aromatic N) is 2. The second kappa shape index (κ2) is 9.26. The minimum Gasteiger partial charge on any atom is -0.381 e. The Labute approximate surface area is 172 Å². The van der Waals surface area contributed by atoms with Crippen LogP contribution in [-0.4, -0.2) is 71.1 Å². The average molecular weight is 404 g/mol. The average Bonchev–Trinajstić information content (AvgIpc) is 3.01. The van der Waals surface area contributed by atoms with Crippen LogP contribution >= 0.6 is 0 Å². The quantitative estimate of drug-likeness (QED) is 0.690. The SMILES string of the molecule is Cc1[nH]cnc1C(=O)N[C@H]1CC[C@@H](C(=O)NC2CCC2)CN(C2CCOCC2)C1. The molecule has 0 aromatic carbocycles. The van der Waals surface area contributed by atoms with Crippen molar-refractivity contribution >= 4 is 11.8 Å². The molecule has 0 unspecified atom stereocenters. The van der Waals surface area contributed by atoms with E-state index in [9.17, 15) is 9.59 Å². The summed E-state index contributed by atoms with van der Waals surface area (Å²) in [6.07, 6.45) is 8.53. The van der Waals surface area contributed by atoms with Crippen molar-refractivity contribution in [3.63, 3.8) is 0 Å². The van der Waals surface area contributed by atoms with Crippen LogP contribution in [0.4, 0.5) is 0 Å². The molecule has 2 aliphatic heterocycles. The topological polar surface area (TPSA) is 99.3 Å². The van der Waals surface area contributed by atoms with Gasteiger partial charge in [-0.3, -0.25) is 14.5 Å². The Kier molecular flexibility index (Phi) is 6.50. The maximum absolute atomic E-state index is 12.9. The van der Waals surface area contributed by atoms with Crippen LogP contribution in [0.15, 0.2) is 6.33 Å². The van der Waals surface area contributed by atoms with Gasteiger partial charge >= 0.3 is 0 Å². The Morgan fingerprint density at radius 2 is 1.86 bits per heavy atom. The zero-order valence-electron chi connectivity index (χ0n) is 17.3. The van der Waals surface area contributed by atoms with E-state index in [1.807, 2.05) is 6.92 Å². The minimum absolute atomic E-state index is 0.0166. The summed E-state index contributed by atoms with van der Waals surface area (Å²) in [7, 11) is 0. The van der Waals surface area contributed by atoms with E-state index < -0.39 is 0 Å². The van der Waals surface area contributed by atoms with Crippen LogP contribution < -0.4 is 10.6 Å². The van der Waals surface area contributed by atoms with Crippen molar-refractivity contribution in [1.29, 1.82) is 0 Å². The zero-order chi connectivity index (χ0) is 20.2. The van der Waals surface area contributed by atoms with Crippen molar-refractivity contribution in [3.05, 3.63) is 17.7 Å². The largest absolute Gasteiger partial charge is 0.381 e. The number of rotatable bonds is 5. The van der Waals surface area contributed by atoms with Crippen molar-refractivity contribution < 1.29 is 14.3 Å². The normalized spacial score (nSPS) is 27.1. The number of aryl methyl sites for hydroxylation is 1. The van der Waals surface area contributed by atoms with Crippen LogP contribution in [0.25, 0.3) is 0 Å². The van der Waals surface area contributed by atoms with E-state index in [1.165, 1.54) is 6.42 Å². The molecule has 1 aliphatic carbocycles. The third kappa shape index (κ3) is 4.98. The van der Waals surface area contributed by atoms with Crippen molar-refractivity contribution in [2.45, 2.75) is 70.0 Å². The molecule has 0 bridgehead atoms. The molecular weight excluding hydrogens is 370 g/mol. The summed E-state index contributed by atoms with van der Waals surface area (Å²) >= 11 is 0. The predicted octanol–water partition coefficient (Wildman–Crippen LogP) is 1.38. The first-order valence-corrected chi connectivity index (χ1v) is 11.0. The highest BCUT2D eigenvalue weighted by atomic mass is 16.5. The first kappa shape index (κ1) is 20.3. The Morgan fingerprint density at radius 1 is 1.07 bits per heavy atom. The lowest BCUT2D eigenvalue weighted by Gasteiger charge is -2.36. The highest BCUT2D eigenvalue weighted by Gasteiger charge is 2.34. The van der Waals surface area contributed by atoms with Gasteiger partial charge in [-0.1, -0.05) is 0 Å². The van der Waals surface area contributed by atoms with Crippen LogP contribution in [0.3, 0.4) is 0 Å². The molecule has 3 fully saturated rings. The third-order valence-electron chi connectivity index (χ3n) is 6.68. The molecule has 4 rings (SSSR count). The van der Waals surface area contributed by atoms with Gasteiger partial charge in [-0.25, -0.2) is 4.98 Å². The molecule has 2 amide bonds. The van der Waals surface area contributed by atoms with Gasteiger partial charge in [0.2, 0.25) is 5.91 Å². The van der Waals surface area contributed by atoms with Gasteiger partial charge in [0, 0.05) is 50.1 Å². The van der Waals surface area contributed by atoms with E-state index in [2.05, 4.69) is 25.5 Å². The molecule has 2 atom stereocenters. The van der Waals surface area contributed by atoms with Crippen LogP contribution in [0, 0.1) is 12.8 Å². The van der Waals surface area contributed by atoms with Crippen LogP contribution in [-0.2, 0) is 9.53 Å². The summed E-state index contributed by atoms with van der Waals surface area (Å²) in [6, 6.07) is 0.788. The monoisotopic (exact) mass is 403 g/mol. The Balaban J connectivity index is 1.43. The van der Waals surface area contributed by atoms with E-state index in [0.717, 1.165) is 70.5 Å². The summed E-state index contributed by atoms with van der Waals surface area (Å²) in [4.78, 5) is 35.1. The van der Waals surface area contributed by atoms with E-state index in [-0.39, 0.29) is 23.8 Å². The number of aromatic nitrogens is 2. The summed E-state index contributed by atoms with van der Waals surface area (Å²) in [5, 5.41) is 6.40. The highest BCUT2D eigenvalue weighted by Crippen LogP contribution is 2.25. The Morgan fingerprint density at radius 3 is 2.52 bits per heavy atom.